The molecule has 1 atom stereocenters. The van der Waals surface area contributed by atoms with Crippen LogP contribution in [0.5, 0.6) is 0 Å². The molecule has 5 heteroatoms. The summed E-state index contributed by atoms with van der Waals surface area (Å²) in [4.78, 5) is 32.0. The van der Waals surface area contributed by atoms with E-state index in [1.54, 1.807) is 0 Å². The fraction of sp³-hybridized carbons (Fsp3) is 0.355. The van der Waals surface area contributed by atoms with Crippen LogP contribution < -0.4 is 0 Å². The van der Waals surface area contributed by atoms with Gasteiger partial charge in [-0.1, -0.05) is 72.8 Å². The third-order valence-corrected chi connectivity index (χ3v) is 7.24. The molecule has 0 saturated carbocycles. The Bertz CT molecular complexity index is 1120. The Kier molecular flexibility index (Phi) is 8.55. The van der Waals surface area contributed by atoms with E-state index < -0.39 is 0 Å². The lowest BCUT2D eigenvalue weighted by Crippen LogP contribution is -2.50. The first-order valence-corrected chi connectivity index (χ1v) is 12.8. The summed E-state index contributed by atoms with van der Waals surface area (Å²) in [5, 5.41) is 0. The monoisotopic (exact) mass is 483 g/mol. The first kappa shape index (κ1) is 25.6. The van der Waals surface area contributed by atoms with Crippen LogP contribution in [-0.4, -0.2) is 73.3 Å². The maximum Gasteiger partial charge on any atom is 0.253 e. The molecule has 0 aromatic heterocycles. The summed E-state index contributed by atoms with van der Waals surface area (Å²) in [5.41, 5.74) is 4.23. The van der Waals surface area contributed by atoms with Gasteiger partial charge in [0.1, 0.15) is 0 Å². The van der Waals surface area contributed by atoms with Crippen LogP contribution in [0.3, 0.4) is 0 Å². The molecule has 2 amide bonds. The van der Waals surface area contributed by atoms with E-state index in [-0.39, 0.29) is 17.9 Å². The third kappa shape index (κ3) is 6.41. The molecule has 1 unspecified atom stereocenters. The Morgan fingerprint density at radius 3 is 1.94 bits per heavy atom. The molecule has 1 aliphatic heterocycles. The van der Waals surface area contributed by atoms with Gasteiger partial charge in [-0.25, -0.2) is 0 Å². The molecule has 1 saturated heterocycles. The van der Waals surface area contributed by atoms with Crippen molar-refractivity contribution < 1.29 is 9.59 Å². The second kappa shape index (κ2) is 12.0. The predicted molar refractivity (Wildman–Crippen MR) is 146 cm³/mol. The lowest BCUT2D eigenvalue weighted by Gasteiger charge is -2.40. The van der Waals surface area contributed by atoms with Gasteiger partial charge in [0.15, 0.2) is 0 Å². The van der Waals surface area contributed by atoms with Crippen LogP contribution in [-0.2, 0) is 11.2 Å². The Morgan fingerprint density at radius 2 is 1.36 bits per heavy atom. The van der Waals surface area contributed by atoms with Gasteiger partial charge in [-0.15, -0.1) is 0 Å². The summed E-state index contributed by atoms with van der Waals surface area (Å²) < 4.78 is 0. The van der Waals surface area contributed by atoms with Crippen LogP contribution in [0.1, 0.15) is 28.8 Å². The molecule has 188 valence electrons. The van der Waals surface area contributed by atoms with E-state index in [9.17, 15) is 9.59 Å². The standard InChI is InChI=1S/C31H37N3O2/c1-32(2)23-30(35)33(3)29(22-24-10-6-4-7-11-24)27-18-20-34(21-19-27)31(36)28-16-14-26(15-17-28)25-12-8-5-9-13-25/h4-17,27,29H,18-23H2,1-3H3. The van der Waals surface area contributed by atoms with Gasteiger partial charge < -0.3 is 14.7 Å². The number of hydrogen-bond acceptors (Lipinski definition) is 3. The number of nitrogens with zero attached hydrogens (tertiary/aromatic N) is 3. The number of hydrogen-bond donors (Lipinski definition) is 0. The number of rotatable bonds is 8. The van der Waals surface area contributed by atoms with Crippen LogP contribution in [0.2, 0.25) is 0 Å². The van der Waals surface area contributed by atoms with E-state index in [4.69, 9.17) is 0 Å². The number of carbonyl (C=O) groups excluding carboxylic acids is 2. The second-order valence-electron chi connectivity index (χ2n) is 10.1. The molecule has 0 aliphatic carbocycles. The highest BCUT2D eigenvalue weighted by atomic mass is 16.2. The Balaban J connectivity index is 1.41. The smallest absolute Gasteiger partial charge is 0.253 e. The summed E-state index contributed by atoms with van der Waals surface area (Å²) in [5.74, 6) is 0.577. The molecule has 4 rings (SSSR count). The molecule has 1 heterocycles. The number of amides is 2. The molecule has 0 spiro atoms. The molecular weight excluding hydrogens is 446 g/mol. The molecule has 1 fully saturated rings. The average Bonchev–Trinajstić information content (AvgIpc) is 2.92. The highest BCUT2D eigenvalue weighted by molar-refractivity contribution is 5.94. The highest BCUT2D eigenvalue weighted by Gasteiger charge is 2.33. The van der Waals surface area contributed by atoms with Crippen LogP contribution in [0.15, 0.2) is 84.9 Å². The minimum Gasteiger partial charge on any atom is -0.341 e. The minimum atomic E-state index is 0.0877. The highest BCUT2D eigenvalue weighted by Crippen LogP contribution is 2.28. The fourth-order valence-electron chi connectivity index (χ4n) is 5.15. The van der Waals surface area contributed by atoms with Crippen molar-refractivity contribution in [3.05, 3.63) is 96.1 Å². The van der Waals surface area contributed by atoms with Crippen LogP contribution in [0.25, 0.3) is 11.1 Å². The molecular formula is C31H37N3O2. The first-order valence-electron chi connectivity index (χ1n) is 12.8. The van der Waals surface area contributed by atoms with Crippen molar-refractivity contribution in [2.45, 2.75) is 25.3 Å². The SMILES string of the molecule is CN(C)CC(=O)N(C)C(Cc1ccccc1)C1CCN(C(=O)c2ccc(-c3ccccc3)cc2)CC1. The van der Waals surface area contributed by atoms with E-state index in [0.29, 0.717) is 25.6 Å². The number of carbonyl (C=O) groups is 2. The summed E-state index contributed by atoms with van der Waals surface area (Å²) >= 11 is 0. The summed E-state index contributed by atoms with van der Waals surface area (Å²) in [6.07, 6.45) is 2.62. The van der Waals surface area contributed by atoms with E-state index in [1.807, 2.05) is 84.4 Å². The number of likely N-dealkylation sites (tertiary alicyclic amines) is 1. The summed E-state index contributed by atoms with van der Waals surface area (Å²) in [6.45, 7) is 1.83. The van der Waals surface area contributed by atoms with Gasteiger partial charge >= 0.3 is 0 Å². The van der Waals surface area contributed by atoms with Crippen molar-refractivity contribution >= 4 is 11.8 Å². The predicted octanol–water partition coefficient (Wildman–Crippen LogP) is 4.84. The average molecular weight is 484 g/mol. The Hall–Kier alpha value is -3.44. The first-order chi connectivity index (χ1) is 17.4. The van der Waals surface area contributed by atoms with Crippen molar-refractivity contribution in [1.82, 2.24) is 14.7 Å². The zero-order chi connectivity index (χ0) is 25.5. The minimum absolute atomic E-state index is 0.0877. The number of benzene rings is 3. The van der Waals surface area contributed by atoms with Crippen LogP contribution in [0, 0.1) is 5.92 Å². The van der Waals surface area contributed by atoms with Crippen LogP contribution in [0.4, 0.5) is 0 Å². The number of likely N-dealkylation sites (N-methyl/N-ethyl adjacent to an activating group) is 2. The van der Waals surface area contributed by atoms with Crippen LogP contribution >= 0.6 is 0 Å². The molecule has 3 aromatic rings. The van der Waals surface area contributed by atoms with Gasteiger partial charge in [-0.05, 0) is 68.1 Å². The topological polar surface area (TPSA) is 43.9 Å². The molecule has 0 radical (unpaired) electrons. The second-order valence-corrected chi connectivity index (χ2v) is 10.1. The van der Waals surface area contributed by atoms with Gasteiger partial charge in [0.25, 0.3) is 5.91 Å². The van der Waals surface area contributed by atoms with Gasteiger partial charge in [-0.3, -0.25) is 9.59 Å². The molecule has 5 nitrogen and oxygen atoms in total. The third-order valence-electron chi connectivity index (χ3n) is 7.24. The van der Waals surface area contributed by atoms with Crippen molar-refractivity contribution in [1.29, 1.82) is 0 Å². The van der Waals surface area contributed by atoms with Gasteiger partial charge in [0.05, 0.1) is 6.54 Å². The van der Waals surface area contributed by atoms with Crippen molar-refractivity contribution in [3.8, 4) is 11.1 Å². The fourth-order valence-corrected chi connectivity index (χ4v) is 5.15. The van der Waals surface area contributed by atoms with Crippen molar-refractivity contribution in [2.24, 2.45) is 5.92 Å². The normalized spacial score (nSPS) is 15.1. The van der Waals surface area contributed by atoms with E-state index in [1.165, 1.54) is 5.56 Å². The van der Waals surface area contributed by atoms with Crippen molar-refractivity contribution in [2.75, 3.05) is 40.8 Å². The maximum absolute atomic E-state index is 13.2. The lowest BCUT2D eigenvalue weighted by atomic mass is 9.84. The maximum atomic E-state index is 13.2. The van der Waals surface area contributed by atoms with Gasteiger partial charge in [0.2, 0.25) is 5.91 Å². The van der Waals surface area contributed by atoms with Gasteiger partial charge in [0, 0.05) is 31.7 Å². The molecule has 0 bridgehead atoms. The molecule has 36 heavy (non-hydrogen) atoms. The van der Waals surface area contributed by atoms with E-state index in [2.05, 4.69) is 36.4 Å². The zero-order valence-electron chi connectivity index (χ0n) is 21.6. The van der Waals surface area contributed by atoms with E-state index >= 15 is 0 Å². The van der Waals surface area contributed by atoms with Gasteiger partial charge in [-0.2, -0.15) is 0 Å². The van der Waals surface area contributed by atoms with Crippen molar-refractivity contribution in [3.63, 3.8) is 0 Å². The molecule has 3 aromatic carbocycles. The largest absolute Gasteiger partial charge is 0.341 e. The molecule has 1 aliphatic rings. The quantitative estimate of drug-likeness (QED) is 0.461. The van der Waals surface area contributed by atoms with E-state index in [0.717, 1.165) is 36.0 Å². The zero-order valence-corrected chi connectivity index (χ0v) is 21.6. The lowest BCUT2D eigenvalue weighted by molar-refractivity contribution is -0.134. The summed E-state index contributed by atoms with van der Waals surface area (Å²) in [6, 6.07) is 28.6. The Morgan fingerprint density at radius 1 is 0.806 bits per heavy atom. The molecule has 0 N–H and O–H groups in total. The number of piperidine rings is 1. The summed E-state index contributed by atoms with van der Waals surface area (Å²) in [7, 11) is 5.79. The Labute approximate surface area is 215 Å².